The fourth-order valence-electron chi connectivity index (χ4n) is 2.58. The summed E-state index contributed by atoms with van der Waals surface area (Å²) in [5.74, 6) is 0.574. The first-order valence-electron chi connectivity index (χ1n) is 7.92. The molecular weight excluding hydrogens is 326 g/mol. The van der Waals surface area contributed by atoms with Crippen molar-refractivity contribution in [1.29, 1.82) is 0 Å². The number of ether oxygens (including phenoxy) is 1. The van der Waals surface area contributed by atoms with Crippen LogP contribution in [0.15, 0.2) is 30.3 Å². The van der Waals surface area contributed by atoms with Crippen LogP contribution in [0.4, 0.5) is 4.79 Å². The van der Waals surface area contributed by atoms with Crippen molar-refractivity contribution in [3.05, 3.63) is 46.7 Å². The van der Waals surface area contributed by atoms with Crippen LogP contribution in [-0.2, 0) is 17.7 Å². The molecule has 126 valence electrons. The fourth-order valence-corrected chi connectivity index (χ4v) is 2.87. The summed E-state index contributed by atoms with van der Waals surface area (Å²) in [7, 11) is 0. The molecule has 6 heteroatoms. The fraction of sp³-hybridized carbons (Fsp3) is 0.389. The lowest BCUT2D eigenvalue weighted by Gasteiger charge is -2.31. The van der Waals surface area contributed by atoms with Gasteiger partial charge in [-0.3, -0.25) is 0 Å². The minimum absolute atomic E-state index is 0.329. The molecule has 0 bridgehead atoms. The maximum atomic E-state index is 12.3. The zero-order valence-electron chi connectivity index (χ0n) is 14.0. The van der Waals surface area contributed by atoms with Crippen LogP contribution >= 0.6 is 11.6 Å². The van der Waals surface area contributed by atoms with Gasteiger partial charge in [-0.1, -0.05) is 41.9 Å². The third kappa shape index (κ3) is 3.67. The van der Waals surface area contributed by atoms with E-state index in [-0.39, 0.29) is 6.09 Å². The molecule has 24 heavy (non-hydrogen) atoms. The number of carbonyl (C=O) groups excluding carboxylic acids is 1. The summed E-state index contributed by atoms with van der Waals surface area (Å²) >= 11 is 6.35. The van der Waals surface area contributed by atoms with E-state index in [1.165, 1.54) is 0 Å². The Balaban J connectivity index is 1.88. The number of nitrogens with zero attached hydrogens (tertiary/aromatic N) is 3. The summed E-state index contributed by atoms with van der Waals surface area (Å²) in [6.07, 6.45) is 0.298. The van der Waals surface area contributed by atoms with Gasteiger partial charge in [-0.2, -0.15) is 0 Å². The maximum Gasteiger partial charge on any atom is 0.410 e. The van der Waals surface area contributed by atoms with Crippen LogP contribution in [0.3, 0.4) is 0 Å². The highest BCUT2D eigenvalue weighted by molar-refractivity contribution is 6.30. The molecule has 3 rings (SSSR count). The van der Waals surface area contributed by atoms with Crippen molar-refractivity contribution in [2.75, 3.05) is 6.54 Å². The second-order valence-electron chi connectivity index (χ2n) is 6.78. The van der Waals surface area contributed by atoms with Gasteiger partial charge in [-0.15, -0.1) is 0 Å². The van der Waals surface area contributed by atoms with Crippen molar-refractivity contribution in [1.82, 2.24) is 14.9 Å². The van der Waals surface area contributed by atoms with E-state index in [2.05, 4.69) is 9.97 Å². The van der Waals surface area contributed by atoms with Gasteiger partial charge in [0.05, 0.1) is 12.2 Å². The molecule has 1 aliphatic rings. The summed E-state index contributed by atoms with van der Waals surface area (Å²) in [6.45, 7) is 6.50. The molecule has 5 nitrogen and oxygen atoms in total. The van der Waals surface area contributed by atoms with Gasteiger partial charge < -0.3 is 9.64 Å². The molecule has 1 aromatic heterocycles. The molecule has 0 aliphatic carbocycles. The van der Waals surface area contributed by atoms with Crippen molar-refractivity contribution >= 4 is 17.7 Å². The Hall–Kier alpha value is -2.14. The van der Waals surface area contributed by atoms with Gasteiger partial charge in [0.1, 0.15) is 10.8 Å². The largest absolute Gasteiger partial charge is 0.444 e. The van der Waals surface area contributed by atoms with Crippen LogP contribution in [0.5, 0.6) is 0 Å². The third-order valence-electron chi connectivity index (χ3n) is 3.70. The number of halogens is 1. The first kappa shape index (κ1) is 16.7. The standard InChI is InChI=1S/C18H20ClN3O2/c1-18(2,3)24-17(23)22-10-9-13-14(11-22)20-16(21-15(13)19)12-7-5-4-6-8-12/h4-8H,9-11H2,1-3H3. The van der Waals surface area contributed by atoms with Gasteiger partial charge >= 0.3 is 6.09 Å². The minimum Gasteiger partial charge on any atom is -0.444 e. The molecule has 0 saturated carbocycles. The maximum absolute atomic E-state index is 12.3. The highest BCUT2D eigenvalue weighted by Crippen LogP contribution is 2.27. The number of rotatable bonds is 1. The highest BCUT2D eigenvalue weighted by Gasteiger charge is 2.28. The SMILES string of the molecule is CC(C)(C)OC(=O)N1CCc2c(Cl)nc(-c3ccccc3)nc2C1. The van der Waals surface area contributed by atoms with E-state index in [9.17, 15) is 4.79 Å². The van der Waals surface area contributed by atoms with E-state index >= 15 is 0 Å². The number of hydrogen-bond acceptors (Lipinski definition) is 4. The van der Waals surface area contributed by atoms with Crippen LogP contribution in [0.25, 0.3) is 11.4 Å². The molecule has 1 aromatic carbocycles. The summed E-state index contributed by atoms with van der Waals surface area (Å²) in [5, 5.41) is 0.461. The Morgan fingerprint density at radius 3 is 2.58 bits per heavy atom. The quantitative estimate of drug-likeness (QED) is 0.730. The van der Waals surface area contributed by atoms with E-state index in [0.717, 1.165) is 16.8 Å². The van der Waals surface area contributed by atoms with E-state index in [1.54, 1.807) is 4.90 Å². The number of carbonyl (C=O) groups is 1. The van der Waals surface area contributed by atoms with Crippen molar-refractivity contribution in [2.45, 2.75) is 39.3 Å². The predicted octanol–water partition coefficient (Wildman–Crippen LogP) is 4.09. The van der Waals surface area contributed by atoms with Crippen molar-refractivity contribution in [3.63, 3.8) is 0 Å². The molecule has 1 aliphatic heterocycles. The van der Waals surface area contributed by atoms with Crippen molar-refractivity contribution in [3.8, 4) is 11.4 Å². The molecule has 1 amide bonds. The Morgan fingerprint density at radius 1 is 1.21 bits per heavy atom. The topological polar surface area (TPSA) is 55.3 Å². The first-order valence-corrected chi connectivity index (χ1v) is 8.30. The molecule has 0 atom stereocenters. The number of aromatic nitrogens is 2. The first-order chi connectivity index (χ1) is 11.3. The van der Waals surface area contributed by atoms with Gasteiger partial charge in [-0.05, 0) is 27.2 Å². The number of benzene rings is 1. The van der Waals surface area contributed by atoms with Crippen LogP contribution in [0.1, 0.15) is 32.0 Å². The zero-order chi connectivity index (χ0) is 17.3. The molecular formula is C18H20ClN3O2. The average molecular weight is 346 g/mol. The van der Waals surface area contributed by atoms with E-state index in [1.807, 2.05) is 51.1 Å². The van der Waals surface area contributed by atoms with Gasteiger partial charge in [0, 0.05) is 17.7 Å². The number of amides is 1. The third-order valence-corrected chi connectivity index (χ3v) is 4.01. The molecule has 0 saturated heterocycles. The number of fused-ring (bicyclic) bond motifs is 1. The number of hydrogen-bond donors (Lipinski definition) is 0. The normalized spacial score (nSPS) is 14.2. The van der Waals surface area contributed by atoms with Crippen LogP contribution in [0.2, 0.25) is 5.15 Å². The molecule has 0 N–H and O–H groups in total. The van der Waals surface area contributed by atoms with Crippen LogP contribution in [-0.4, -0.2) is 33.1 Å². The minimum atomic E-state index is -0.518. The molecule has 2 heterocycles. The smallest absolute Gasteiger partial charge is 0.410 e. The summed E-state index contributed by atoms with van der Waals surface area (Å²) in [6, 6.07) is 9.67. The summed E-state index contributed by atoms with van der Waals surface area (Å²) in [5.41, 5.74) is 2.08. The average Bonchev–Trinajstić information content (AvgIpc) is 2.53. The lowest BCUT2D eigenvalue weighted by molar-refractivity contribution is 0.0220. The molecule has 2 aromatic rings. The second-order valence-corrected chi connectivity index (χ2v) is 7.14. The zero-order valence-corrected chi connectivity index (χ0v) is 14.8. The van der Waals surface area contributed by atoms with Crippen LogP contribution < -0.4 is 0 Å². The van der Waals surface area contributed by atoms with Gasteiger partial charge in [0.15, 0.2) is 5.82 Å². The Kier molecular flexibility index (Phi) is 4.45. The summed E-state index contributed by atoms with van der Waals surface area (Å²) in [4.78, 5) is 23.0. The van der Waals surface area contributed by atoms with Crippen LogP contribution in [0, 0.1) is 0 Å². The van der Waals surface area contributed by atoms with Gasteiger partial charge in [-0.25, -0.2) is 14.8 Å². The Morgan fingerprint density at radius 2 is 1.92 bits per heavy atom. The van der Waals surface area contributed by atoms with E-state index < -0.39 is 5.60 Å². The predicted molar refractivity (Wildman–Crippen MR) is 92.8 cm³/mol. The molecule has 0 fully saturated rings. The summed E-state index contributed by atoms with van der Waals surface area (Å²) < 4.78 is 5.45. The second kappa shape index (κ2) is 6.40. The van der Waals surface area contributed by atoms with Crippen molar-refractivity contribution in [2.24, 2.45) is 0 Å². The highest BCUT2D eigenvalue weighted by atomic mass is 35.5. The van der Waals surface area contributed by atoms with Crippen molar-refractivity contribution < 1.29 is 9.53 Å². The molecule has 0 spiro atoms. The Labute approximate surface area is 146 Å². The lowest BCUT2D eigenvalue weighted by atomic mass is 10.1. The monoisotopic (exact) mass is 345 g/mol. The Bertz CT molecular complexity index is 757. The molecule has 0 radical (unpaired) electrons. The van der Waals surface area contributed by atoms with E-state index in [4.69, 9.17) is 16.3 Å². The lowest BCUT2D eigenvalue weighted by Crippen LogP contribution is -2.40. The van der Waals surface area contributed by atoms with Gasteiger partial charge in [0.25, 0.3) is 0 Å². The molecule has 0 unspecified atom stereocenters. The van der Waals surface area contributed by atoms with E-state index in [0.29, 0.717) is 30.5 Å². The van der Waals surface area contributed by atoms with Gasteiger partial charge in [0.2, 0.25) is 0 Å².